The highest BCUT2D eigenvalue weighted by atomic mass is 15.1. The van der Waals surface area contributed by atoms with E-state index in [2.05, 4.69) is 9.97 Å². The topological polar surface area (TPSA) is 56.2 Å². The number of nitrogens with zero attached hydrogens (tertiary/aromatic N) is 3. The zero-order chi connectivity index (χ0) is 10.4. The average molecular weight is 198 g/mol. The van der Waals surface area contributed by atoms with Gasteiger partial charge in [-0.15, -0.1) is 0 Å². The van der Waals surface area contributed by atoms with Gasteiger partial charge in [0.1, 0.15) is 17.0 Å². The summed E-state index contributed by atoms with van der Waals surface area (Å²) in [7, 11) is 0. The second kappa shape index (κ2) is 2.70. The summed E-state index contributed by atoms with van der Waals surface area (Å²) in [5.74, 6) is 0.519. The van der Waals surface area contributed by atoms with Gasteiger partial charge < -0.3 is 5.73 Å². The Kier molecular flexibility index (Phi) is 1.48. The first-order chi connectivity index (χ1) is 7.25. The van der Waals surface area contributed by atoms with Crippen molar-refractivity contribution in [2.45, 2.75) is 6.92 Å². The smallest absolute Gasteiger partial charge is 0.166 e. The Balaban J connectivity index is 2.58. The molecule has 0 saturated heterocycles. The summed E-state index contributed by atoms with van der Waals surface area (Å²) in [6.45, 7) is 2.03. The van der Waals surface area contributed by atoms with Crippen molar-refractivity contribution < 1.29 is 0 Å². The van der Waals surface area contributed by atoms with E-state index in [4.69, 9.17) is 5.73 Å². The highest BCUT2D eigenvalue weighted by molar-refractivity contribution is 5.79. The van der Waals surface area contributed by atoms with E-state index in [0.29, 0.717) is 5.82 Å². The van der Waals surface area contributed by atoms with Crippen LogP contribution in [0.5, 0.6) is 0 Å². The molecule has 0 aliphatic carbocycles. The number of hydrogen-bond donors (Lipinski definition) is 1. The second-order valence-corrected chi connectivity index (χ2v) is 3.58. The van der Waals surface area contributed by atoms with Crippen LogP contribution in [-0.4, -0.2) is 14.4 Å². The minimum Gasteiger partial charge on any atom is -0.384 e. The Morgan fingerprint density at radius 1 is 1.13 bits per heavy atom. The molecule has 3 aromatic heterocycles. The molecule has 2 N–H and O–H groups in total. The normalized spacial score (nSPS) is 11.3. The number of pyridine rings is 2. The molecule has 4 nitrogen and oxygen atoms in total. The molecule has 15 heavy (non-hydrogen) atoms. The van der Waals surface area contributed by atoms with E-state index in [0.717, 1.165) is 22.4 Å². The van der Waals surface area contributed by atoms with Gasteiger partial charge in [0, 0.05) is 6.20 Å². The third kappa shape index (κ3) is 1.08. The van der Waals surface area contributed by atoms with E-state index in [9.17, 15) is 0 Å². The van der Waals surface area contributed by atoms with E-state index in [1.165, 1.54) is 0 Å². The molecule has 0 amide bonds. The van der Waals surface area contributed by atoms with Crippen molar-refractivity contribution in [2.75, 3.05) is 5.73 Å². The van der Waals surface area contributed by atoms with Crippen LogP contribution in [0.15, 0.2) is 30.5 Å². The van der Waals surface area contributed by atoms with Gasteiger partial charge in [-0.05, 0) is 30.7 Å². The number of imidazole rings is 1. The fourth-order valence-corrected chi connectivity index (χ4v) is 1.76. The van der Waals surface area contributed by atoms with Gasteiger partial charge in [0.05, 0.1) is 0 Å². The van der Waals surface area contributed by atoms with Gasteiger partial charge >= 0.3 is 0 Å². The molecule has 0 aliphatic rings. The Bertz CT molecular complexity index is 654. The summed E-state index contributed by atoms with van der Waals surface area (Å²) in [5.41, 5.74) is 9.42. The average Bonchev–Trinajstić information content (AvgIpc) is 2.58. The summed E-state index contributed by atoms with van der Waals surface area (Å²) in [5, 5.41) is 0. The molecule has 0 aromatic carbocycles. The Morgan fingerprint density at radius 3 is 2.87 bits per heavy atom. The molecule has 0 radical (unpaired) electrons. The molecule has 3 heterocycles. The predicted molar refractivity (Wildman–Crippen MR) is 59.6 cm³/mol. The van der Waals surface area contributed by atoms with E-state index >= 15 is 0 Å². The third-order valence-electron chi connectivity index (χ3n) is 2.49. The molecular weight excluding hydrogens is 188 g/mol. The van der Waals surface area contributed by atoms with Crippen LogP contribution < -0.4 is 5.73 Å². The minimum atomic E-state index is 0.519. The number of nitrogen functional groups attached to an aromatic ring is 1. The number of rotatable bonds is 0. The molecule has 0 atom stereocenters. The standard InChI is InChI=1S/C11H10N4/c1-7-3-2-6-15-10(7)13-8-4-5-9(12)14-11(8)15/h2-6H,1H3,(H2,12,14). The maximum Gasteiger partial charge on any atom is 0.166 e. The van der Waals surface area contributed by atoms with Crippen molar-refractivity contribution >= 4 is 22.6 Å². The monoisotopic (exact) mass is 198 g/mol. The van der Waals surface area contributed by atoms with E-state index < -0.39 is 0 Å². The molecule has 0 spiro atoms. The molecule has 0 aliphatic heterocycles. The number of anilines is 1. The lowest BCUT2D eigenvalue weighted by atomic mass is 10.3. The summed E-state index contributed by atoms with van der Waals surface area (Å²) < 4.78 is 1.96. The van der Waals surface area contributed by atoms with Crippen LogP contribution in [0.2, 0.25) is 0 Å². The summed E-state index contributed by atoms with van der Waals surface area (Å²) in [6, 6.07) is 7.67. The van der Waals surface area contributed by atoms with Crippen LogP contribution in [0.25, 0.3) is 16.8 Å². The fourth-order valence-electron chi connectivity index (χ4n) is 1.76. The largest absolute Gasteiger partial charge is 0.384 e. The van der Waals surface area contributed by atoms with Gasteiger partial charge in [-0.25, -0.2) is 9.97 Å². The number of nitrogens with two attached hydrogens (primary N) is 1. The molecule has 3 rings (SSSR count). The van der Waals surface area contributed by atoms with Crippen molar-refractivity contribution in [3.05, 3.63) is 36.0 Å². The maximum absolute atomic E-state index is 5.66. The number of hydrogen-bond acceptors (Lipinski definition) is 3. The third-order valence-corrected chi connectivity index (χ3v) is 2.49. The van der Waals surface area contributed by atoms with Gasteiger partial charge in [-0.2, -0.15) is 0 Å². The zero-order valence-electron chi connectivity index (χ0n) is 8.31. The van der Waals surface area contributed by atoms with Crippen molar-refractivity contribution in [3.63, 3.8) is 0 Å². The first-order valence-corrected chi connectivity index (χ1v) is 4.75. The van der Waals surface area contributed by atoms with Crippen LogP contribution in [0.1, 0.15) is 5.56 Å². The van der Waals surface area contributed by atoms with Crippen LogP contribution >= 0.6 is 0 Å². The molecule has 0 bridgehead atoms. The van der Waals surface area contributed by atoms with Gasteiger partial charge in [-0.3, -0.25) is 4.40 Å². The number of aryl methyl sites for hydroxylation is 1. The minimum absolute atomic E-state index is 0.519. The summed E-state index contributed by atoms with van der Waals surface area (Å²) >= 11 is 0. The lowest BCUT2D eigenvalue weighted by Crippen LogP contribution is -1.92. The number of aromatic nitrogens is 3. The predicted octanol–water partition coefficient (Wildman–Crippen LogP) is 1.77. The van der Waals surface area contributed by atoms with Crippen LogP contribution in [-0.2, 0) is 0 Å². The highest BCUT2D eigenvalue weighted by Gasteiger charge is 2.06. The maximum atomic E-state index is 5.66. The summed E-state index contributed by atoms with van der Waals surface area (Å²) in [6.07, 6.45) is 1.95. The molecule has 0 unspecified atom stereocenters. The van der Waals surface area contributed by atoms with Crippen molar-refractivity contribution in [1.29, 1.82) is 0 Å². The summed E-state index contributed by atoms with van der Waals surface area (Å²) in [4.78, 5) is 8.78. The lowest BCUT2D eigenvalue weighted by molar-refractivity contribution is 1.17. The molecule has 0 saturated carbocycles. The SMILES string of the molecule is Cc1cccn2c1nc1ccc(N)nc12. The fraction of sp³-hybridized carbons (Fsp3) is 0.0909. The zero-order valence-corrected chi connectivity index (χ0v) is 8.31. The van der Waals surface area contributed by atoms with Gasteiger partial charge in [0.25, 0.3) is 0 Å². The first-order valence-electron chi connectivity index (χ1n) is 4.75. The Morgan fingerprint density at radius 2 is 2.00 bits per heavy atom. The molecule has 74 valence electrons. The van der Waals surface area contributed by atoms with Crippen molar-refractivity contribution in [1.82, 2.24) is 14.4 Å². The van der Waals surface area contributed by atoms with E-state index in [1.807, 2.05) is 35.7 Å². The Labute approximate surface area is 86.4 Å². The van der Waals surface area contributed by atoms with Crippen LogP contribution in [0.4, 0.5) is 5.82 Å². The van der Waals surface area contributed by atoms with Gasteiger partial charge in [0.15, 0.2) is 5.65 Å². The highest BCUT2D eigenvalue weighted by Crippen LogP contribution is 2.17. The first kappa shape index (κ1) is 8.23. The molecule has 4 heteroatoms. The quantitative estimate of drug-likeness (QED) is 0.599. The molecule has 3 aromatic rings. The van der Waals surface area contributed by atoms with Crippen molar-refractivity contribution in [3.8, 4) is 0 Å². The number of fused-ring (bicyclic) bond motifs is 3. The van der Waals surface area contributed by atoms with Crippen LogP contribution in [0, 0.1) is 6.92 Å². The van der Waals surface area contributed by atoms with Crippen molar-refractivity contribution in [2.24, 2.45) is 0 Å². The van der Waals surface area contributed by atoms with Gasteiger partial charge in [-0.1, -0.05) is 6.07 Å². The van der Waals surface area contributed by atoms with E-state index in [1.54, 1.807) is 6.07 Å². The van der Waals surface area contributed by atoms with E-state index in [-0.39, 0.29) is 0 Å². The molecule has 0 fully saturated rings. The van der Waals surface area contributed by atoms with Gasteiger partial charge in [0.2, 0.25) is 0 Å². The second-order valence-electron chi connectivity index (χ2n) is 3.58. The van der Waals surface area contributed by atoms with Crippen LogP contribution in [0.3, 0.4) is 0 Å². The Hall–Kier alpha value is -2.10. The molecular formula is C11H10N4. The lowest BCUT2D eigenvalue weighted by Gasteiger charge is -1.96.